The largest absolute Gasteiger partial charge is 0.287 e. The van der Waals surface area contributed by atoms with Crippen molar-refractivity contribution in [1.29, 1.82) is 0 Å². The van der Waals surface area contributed by atoms with Crippen LogP contribution >= 0.6 is 0 Å². The number of aryl methyl sites for hydroxylation is 1. The number of benzene rings is 2. The van der Waals surface area contributed by atoms with Crippen molar-refractivity contribution in [3.8, 4) is 0 Å². The maximum Gasteiger partial charge on any atom is 0.275 e. The Labute approximate surface area is 107 Å². The SMILES string of the molecule is Cc1ccc(C[N+]2=C(N)c3ccccc3C2)cc1. The summed E-state index contributed by atoms with van der Waals surface area (Å²) in [6.45, 7) is 3.90. The van der Waals surface area contributed by atoms with Crippen molar-refractivity contribution in [3.05, 3.63) is 70.8 Å². The van der Waals surface area contributed by atoms with Crippen molar-refractivity contribution in [1.82, 2.24) is 0 Å². The number of fused-ring (bicyclic) bond motifs is 1. The summed E-state index contributed by atoms with van der Waals surface area (Å²) in [5.74, 6) is 0.895. The highest BCUT2D eigenvalue weighted by molar-refractivity contribution is 5.96. The number of nitrogens with zero attached hydrogens (tertiary/aromatic N) is 1. The highest BCUT2D eigenvalue weighted by atomic mass is 15.1. The molecule has 0 spiro atoms. The second kappa shape index (κ2) is 4.30. The first-order chi connectivity index (χ1) is 8.74. The van der Waals surface area contributed by atoms with Crippen LogP contribution in [0.1, 0.15) is 22.3 Å². The third kappa shape index (κ3) is 1.90. The van der Waals surface area contributed by atoms with Crippen LogP contribution in [0.25, 0.3) is 0 Å². The molecule has 2 heteroatoms. The van der Waals surface area contributed by atoms with Crippen LogP contribution in [0.3, 0.4) is 0 Å². The summed E-state index contributed by atoms with van der Waals surface area (Å²) in [4.78, 5) is 0. The van der Waals surface area contributed by atoms with Crippen molar-refractivity contribution in [2.75, 3.05) is 0 Å². The molecule has 2 N–H and O–H groups in total. The van der Waals surface area contributed by atoms with E-state index in [2.05, 4.69) is 54.0 Å². The van der Waals surface area contributed by atoms with Crippen LogP contribution in [0.4, 0.5) is 0 Å². The fourth-order valence-electron chi connectivity index (χ4n) is 2.42. The third-order valence-electron chi connectivity index (χ3n) is 3.49. The molecular weight excluding hydrogens is 220 g/mol. The standard InChI is InChI=1S/C16H16N2/c1-12-6-8-13(9-7-12)10-18-11-14-4-2-3-5-15(14)16(18)17/h2-9,17H,10-11H2,1H3/p+1. The summed E-state index contributed by atoms with van der Waals surface area (Å²) < 4.78 is 2.23. The van der Waals surface area contributed by atoms with Gasteiger partial charge in [-0.3, -0.25) is 10.3 Å². The summed E-state index contributed by atoms with van der Waals surface area (Å²) >= 11 is 0. The highest BCUT2D eigenvalue weighted by Crippen LogP contribution is 2.18. The molecule has 1 aliphatic rings. The minimum Gasteiger partial charge on any atom is -0.287 e. The molecule has 0 aliphatic carbocycles. The van der Waals surface area contributed by atoms with Gasteiger partial charge in [0.05, 0.1) is 5.56 Å². The minimum absolute atomic E-state index is 0.876. The molecule has 0 atom stereocenters. The van der Waals surface area contributed by atoms with Crippen LogP contribution in [0.2, 0.25) is 0 Å². The van der Waals surface area contributed by atoms with Gasteiger partial charge in [-0.25, -0.2) is 0 Å². The third-order valence-corrected chi connectivity index (χ3v) is 3.49. The van der Waals surface area contributed by atoms with Gasteiger partial charge in [0, 0.05) is 5.56 Å². The predicted molar refractivity (Wildman–Crippen MR) is 73.6 cm³/mol. The molecule has 0 saturated heterocycles. The molecule has 0 radical (unpaired) electrons. The molecule has 1 aliphatic heterocycles. The molecular formula is C16H17N2+. The normalized spacial score (nSPS) is 13.8. The Hall–Kier alpha value is -2.09. The molecule has 0 aromatic heterocycles. The zero-order valence-corrected chi connectivity index (χ0v) is 10.6. The van der Waals surface area contributed by atoms with Gasteiger partial charge in [-0.05, 0) is 18.6 Å². The molecule has 0 amide bonds. The first-order valence-electron chi connectivity index (χ1n) is 6.25. The molecule has 0 bridgehead atoms. The van der Waals surface area contributed by atoms with Gasteiger partial charge in [-0.1, -0.05) is 48.0 Å². The van der Waals surface area contributed by atoms with E-state index < -0.39 is 0 Å². The number of rotatable bonds is 2. The van der Waals surface area contributed by atoms with E-state index in [-0.39, 0.29) is 0 Å². The smallest absolute Gasteiger partial charge is 0.275 e. The fraction of sp³-hybridized carbons (Fsp3) is 0.188. The topological polar surface area (TPSA) is 29.0 Å². The second-order valence-corrected chi connectivity index (χ2v) is 4.88. The van der Waals surface area contributed by atoms with Gasteiger partial charge >= 0.3 is 0 Å². The molecule has 2 nitrogen and oxygen atoms in total. The zero-order chi connectivity index (χ0) is 12.5. The van der Waals surface area contributed by atoms with E-state index in [1.54, 1.807) is 0 Å². The van der Waals surface area contributed by atoms with Crippen LogP contribution in [0.5, 0.6) is 0 Å². The lowest BCUT2D eigenvalue weighted by molar-refractivity contribution is -0.555. The zero-order valence-electron chi connectivity index (χ0n) is 10.6. The van der Waals surface area contributed by atoms with Crippen LogP contribution in [0, 0.1) is 6.92 Å². The van der Waals surface area contributed by atoms with Gasteiger partial charge < -0.3 is 0 Å². The van der Waals surface area contributed by atoms with E-state index >= 15 is 0 Å². The summed E-state index contributed by atoms with van der Waals surface area (Å²) in [7, 11) is 0. The molecule has 3 rings (SSSR count). The molecule has 18 heavy (non-hydrogen) atoms. The quantitative estimate of drug-likeness (QED) is 0.799. The van der Waals surface area contributed by atoms with Crippen LogP contribution in [-0.2, 0) is 13.1 Å². The molecule has 0 unspecified atom stereocenters. The average Bonchev–Trinajstić information content (AvgIpc) is 2.70. The fourth-order valence-corrected chi connectivity index (χ4v) is 2.42. The summed E-state index contributed by atoms with van der Waals surface area (Å²) in [5, 5.41) is 0. The van der Waals surface area contributed by atoms with E-state index in [4.69, 9.17) is 5.73 Å². The Balaban J connectivity index is 1.87. The van der Waals surface area contributed by atoms with Gasteiger partial charge in [0.1, 0.15) is 13.1 Å². The van der Waals surface area contributed by atoms with Crippen molar-refractivity contribution >= 4 is 5.84 Å². The van der Waals surface area contributed by atoms with Gasteiger partial charge in [0.15, 0.2) is 0 Å². The van der Waals surface area contributed by atoms with Crippen molar-refractivity contribution < 1.29 is 4.58 Å². The molecule has 0 saturated carbocycles. The summed E-state index contributed by atoms with van der Waals surface area (Å²) in [6, 6.07) is 17.0. The van der Waals surface area contributed by atoms with Gasteiger partial charge in [-0.15, -0.1) is 0 Å². The molecule has 0 fully saturated rings. The number of hydrogen-bond acceptors (Lipinski definition) is 1. The molecule has 2 aromatic carbocycles. The summed E-state index contributed by atoms with van der Waals surface area (Å²) in [6.07, 6.45) is 0. The van der Waals surface area contributed by atoms with Crippen molar-refractivity contribution in [2.24, 2.45) is 5.73 Å². The second-order valence-electron chi connectivity index (χ2n) is 4.88. The monoisotopic (exact) mass is 237 g/mol. The predicted octanol–water partition coefficient (Wildman–Crippen LogP) is 2.43. The van der Waals surface area contributed by atoms with Crippen molar-refractivity contribution in [3.63, 3.8) is 0 Å². The Morgan fingerprint density at radius 2 is 1.78 bits per heavy atom. The Bertz CT molecular complexity index is 609. The lowest BCUT2D eigenvalue weighted by Gasteiger charge is -2.04. The van der Waals surface area contributed by atoms with E-state index in [1.165, 1.54) is 22.3 Å². The summed E-state index contributed by atoms with van der Waals surface area (Å²) in [5.41, 5.74) is 11.3. The number of amidine groups is 1. The molecule has 1 heterocycles. The van der Waals surface area contributed by atoms with E-state index in [1.807, 2.05) is 6.07 Å². The van der Waals surface area contributed by atoms with E-state index in [0.29, 0.717) is 0 Å². The van der Waals surface area contributed by atoms with Crippen molar-refractivity contribution in [2.45, 2.75) is 20.0 Å². The van der Waals surface area contributed by atoms with Gasteiger partial charge in [-0.2, -0.15) is 0 Å². The Morgan fingerprint density at radius 3 is 2.50 bits per heavy atom. The Kier molecular flexibility index (Phi) is 2.63. The van der Waals surface area contributed by atoms with Gasteiger partial charge in [0.25, 0.3) is 5.84 Å². The first-order valence-corrected chi connectivity index (χ1v) is 6.25. The molecule has 90 valence electrons. The van der Waals surface area contributed by atoms with E-state index in [0.717, 1.165) is 18.9 Å². The van der Waals surface area contributed by atoms with E-state index in [9.17, 15) is 0 Å². The Morgan fingerprint density at radius 1 is 1.06 bits per heavy atom. The molecule has 2 aromatic rings. The first kappa shape index (κ1) is 11.0. The minimum atomic E-state index is 0.876. The van der Waals surface area contributed by atoms with Crippen LogP contribution in [-0.4, -0.2) is 10.4 Å². The van der Waals surface area contributed by atoms with Crippen LogP contribution in [0.15, 0.2) is 48.5 Å². The lowest BCUT2D eigenvalue weighted by atomic mass is 10.1. The van der Waals surface area contributed by atoms with Gasteiger partial charge in [0.2, 0.25) is 0 Å². The number of nitrogens with two attached hydrogens (primary N) is 1. The maximum atomic E-state index is 6.21. The lowest BCUT2D eigenvalue weighted by Crippen LogP contribution is -2.23. The maximum absolute atomic E-state index is 6.21. The number of hydrogen-bond donors (Lipinski definition) is 1. The average molecular weight is 237 g/mol. The highest BCUT2D eigenvalue weighted by Gasteiger charge is 2.23. The van der Waals surface area contributed by atoms with Crippen LogP contribution < -0.4 is 5.73 Å².